The molecular formula is C19H15N3O3S3. The van der Waals surface area contributed by atoms with Crippen molar-refractivity contribution >= 4 is 56.1 Å². The van der Waals surface area contributed by atoms with Gasteiger partial charge < -0.3 is 10.1 Å². The number of fused-ring (bicyclic) bond motifs is 1. The first-order valence-electron chi connectivity index (χ1n) is 8.47. The number of rotatable bonds is 7. The summed E-state index contributed by atoms with van der Waals surface area (Å²) in [7, 11) is 0. The highest BCUT2D eigenvalue weighted by molar-refractivity contribution is 7.20. The molecule has 0 aliphatic rings. The van der Waals surface area contributed by atoms with Crippen molar-refractivity contribution in [2.75, 3.05) is 13.2 Å². The molecule has 28 heavy (non-hydrogen) atoms. The van der Waals surface area contributed by atoms with Crippen LogP contribution in [0.2, 0.25) is 0 Å². The number of amides is 1. The molecule has 0 saturated heterocycles. The molecule has 0 spiro atoms. The Morgan fingerprint density at radius 3 is 2.79 bits per heavy atom. The van der Waals surface area contributed by atoms with Gasteiger partial charge in [0.05, 0.1) is 20.1 Å². The van der Waals surface area contributed by atoms with Gasteiger partial charge >= 0.3 is 5.97 Å². The summed E-state index contributed by atoms with van der Waals surface area (Å²) in [4.78, 5) is 33.8. The van der Waals surface area contributed by atoms with E-state index in [1.807, 2.05) is 41.8 Å². The third-order valence-corrected chi connectivity index (χ3v) is 6.76. The Balaban J connectivity index is 1.22. The number of esters is 1. The maximum absolute atomic E-state index is 12.1. The second-order valence-electron chi connectivity index (χ2n) is 5.77. The molecule has 0 aliphatic heterocycles. The van der Waals surface area contributed by atoms with Gasteiger partial charge in [-0.2, -0.15) is 0 Å². The maximum Gasteiger partial charge on any atom is 0.358 e. The molecule has 1 N–H and O–H groups in total. The predicted molar refractivity (Wildman–Crippen MR) is 112 cm³/mol. The highest BCUT2D eigenvalue weighted by Gasteiger charge is 2.15. The summed E-state index contributed by atoms with van der Waals surface area (Å²) in [6, 6.07) is 11.8. The fourth-order valence-corrected chi connectivity index (χ4v) is 5.04. The summed E-state index contributed by atoms with van der Waals surface area (Å²) < 4.78 is 6.18. The third-order valence-electron chi connectivity index (χ3n) is 3.78. The minimum absolute atomic E-state index is 0.218. The van der Waals surface area contributed by atoms with E-state index in [0.29, 0.717) is 13.0 Å². The molecule has 0 unspecified atom stereocenters. The summed E-state index contributed by atoms with van der Waals surface area (Å²) in [5.41, 5.74) is 1.18. The topological polar surface area (TPSA) is 81.2 Å². The van der Waals surface area contributed by atoms with E-state index in [9.17, 15) is 9.59 Å². The van der Waals surface area contributed by atoms with E-state index in [0.717, 1.165) is 25.1 Å². The standard InChI is InChI=1S/C19H15N3O3S3/c23-16(20-8-7-17-21-12-4-1-2-5-14(12)28-17)10-25-19(24)13-11-27-18(22-13)15-6-3-9-26-15/h1-6,9,11H,7-8,10H2,(H,20,23). The summed E-state index contributed by atoms with van der Waals surface area (Å²) in [6.45, 7) is 0.111. The van der Waals surface area contributed by atoms with Gasteiger partial charge in [0.2, 0.25) is 0 Å². The fourth-order valence-electron chi connectivity index (χ4n) is 2.47. The first-order valence-corrected chi connectivity index (χ1v) is 11.0. The van der Waals surface area contributed by atoms with Crippen molar-refractivity contribution in [1.82, 2.24) is 15.3 Å². The number of nitrogens with one attached hydrogen (secondary N) is 1. The SMILES string of the molecule is O=C(COC(=O)c1csc(-c2cccs2)n1)NCCc1nc2ccccc2s1. The van der Waals surface area contributed by atoms with Crippen LogP contribution in [-0.2, 0) is 16.0 Å². The normalized spacial score (nSPS) is 10.9. The molecule has 3 heterocycles. The monoisotopic (exact) mass is 429 g/mol. The number of aromatic nitrogens is 2. The summed E-state index contributed by atoms with van der Waals surface area (Å²) in [6.07, 6.45) is 0.634. The van der Waals surface area contributed by atoms with Crippen molar-refractivity contribution in [3.05, 3.63) is 57.9 Å². The highest BCUT2D eigenvalue weighted by Crippen LogP contribution is 2.28. The molecule has 0 bridgehead atoms. The largest absolute Gasteiger partial charge is 0.451 e. The summed E-state index contributed by atoms with van der Waals surface area (Å²) in [5.74, 6) is -0.941. The molecule has 0 saturated carbocycles. The molecule has 4 aromatic rings. The molecule has 142 valence electrons. The minimum atomic E-state index is -0.597. The van der Waals surface area contributed by atoms with Crippen molar-refractivity contribution < 1.29 is 14.3 Å². The number of nitrogens with zero attached hydrogens (tertiary/aromatic N) is 2. The molecule has 1 amide bonds. The van der Waals surface area contributed by atoms with Crippen LogP contribution < -0.4 is 5.32 Å². The molecule has 6 nitrogen and oxygen atoms in total. The number of carbonyl (C=O) groups excluding carboxylic acids is 2. The van der Waals surface area contributed by atoms with Crippen molar-refractivity contribution in [3.8, 4) is 9.88 Å². The zero-order chi connectivity index (χ0) is 19.3. The van der Waals surface area contributed by atoms with Gasteiger partial charge in [0, 0.05) is 18.3 Å². The number of thiophene rings is 1. The van der Waals surface area contributed by atoms with Crippen LogP contribution in [0.15, 0.2) is 47.2 Å². The number of carbonyl (C=O) groups is 2. The van der Waals surface area contributed by atoms with Crippen molar-refractivity contribution in [1.29, 1.82) is 0 Å². The Morgan fingerprint density at radius 1 is 1.07 bits per heavy atom. The van der Waals surface area contributed by atoms with E-state index in [2.05, 4.69) is 15.3 Å². The molecular weight excluding hydrogens is 414 g/mol. The lowest BCUT2D eigenvalue weighted by Crippen LogP contribution is -2.30. The smallest absolute Gasteiger partial charge is 0.358 e. The van der Waals surface area contributed by atoms with Crippen molar-refractivity contribution in [2.24, 2.45) is 0 Å². The summed E-state index contributed by atoms with van der Waals surface area (Å²) in [5, 5.41) is 8.06. The van der Waals surface area contributed by atoms with E-state index in [1.165, 1.54) is 11.3 Å². The first-order chi connectivity index (χ1) is 13.7. The molecule has 0 radical (unpaired) electrons. The van der Waals surface area contributed by atoms with Crippen molar-refractivity contribution in [2.45, 2.75) is 6.42 Å². The van der Waals surface area contributed by atoms with Gasteiger partial charge in [-0.25, -0.2) is 14.8 Å². The van der Waals surface area contributed by atoms with Gasteiger partial charge in [0.15, 0.2) is 12.3 Å². The van der Waals surface area contributed by atoms with Crippen LogP contribution in [0, 0.1) is 0 Å². The average molecular weight is 430 g/mol. The van der Waals surface area contributed by atoms with E-state index in [-0.39, 0.29) is 18.2 Å². The van der Waals surface area contributed by atoms with Crippen LogP contribution in [0.25, 0.3) is 20.1 Å². The number of hydrogen-bond donors (Lipinski definition) is 1. The lowest BCUT2D eigenvalue weighted by atomic mass is 10.3. The van der Waals surface area contributed by atoms with Crippen molar-refractivity contribution in [3.63, 3.8) is 0 Å². The van der Waals surface area contributed by atoms with Gasteiger partial charge in [-0.15, -0.1) is 34.0 Å². The van der Waals surface area contributed by atoms with Gasteiger partial charge in [-0.3, -0.25) is 4.79 Å². The second-order valence-corrected chi connectivity index (χ2v) is 8.69. The molecule has 1 aromatic carbocycles. The van der Waals surface area contributed by atoms with E-state index in [1.54, 1.807) is 28.1 Å². The minimum Gasteiger partial charge on any atom is -0.451 e. The third kappa shape index (κ3) is 4.44. The molecule has 9 heteroatoms. The Bertz CT molecular complexity index is 1070. The molecule has 4 rings (SSSR count). The lowest BCUT2D eigenvalue weighted by molar-refractivity contribution is -0.124. The van der Waals surface area contributed by atoms with Crippen LogP contribution in [-0.4, -0.2) is 35.0 Å². The van der Waals surface area contributed by atoms with E-state index < -0.39 is 5.97 Å². The zero-order valence-corrected chi connectivity index (χ0v) is 17.0. The number of ether oxygens (including phenoxy) is 1. The van der Waals surface area contributed by atoms with Gasteiger partial charge in [0.1, 0.15) is 5.01 Å². The Morgan fingerprint density at radius 2 is 1.96 bits per heavy atom. The quantitative estimate of drug-likeness (QED) is 0.449. The van der Waals surface area contributed by atoms with Gasteiger partial charge in [-0.05, 0) is 23.6 Å². The van der Waals surface area contributed by atoms with Crippen LogP contribution in [0.1, 0.15) is 15.5 Å². The maximum atomic E-state index is 12.1. The Hall–Kier alpha value is -2.62. The molecule has 0 fully saturated rings. The summed E-state index contributed by atoms with van der Waals surface area (Å²) >= 11 is 4.54. The van der Waals surface area contributed by atoms with Crippen LogP contribution >= 0.6 is 34.0 Å². The number of para-hydroxylation sites is 1. The Labute approximate surface area is 172 Å². The van der Waals surface area contributed by atoms with Crippen LogP contribution in [0.5, 0.6) is 0 Å². The number of thiazole rings is 2. The number of hydrogen-bond acceptors (Lipinski definition) is 8. The van der Waals surface area contributed by atoms with Gasteiger partial charge in [0.25, 0.3) is 5.91 Å². The van der Waals surface area contributed by atoms with E-state index in [4.69, 9.17) is 4.74 Å². The van der Waals surface area contributed by atoms with Crippen LogP contribution in [0.3, 0.4) is 0 Å². The van der Waals surface area contributed by atoms with Crippen LogP contribution in [0.4, 0.5) is 0 Å². The fraction of sp³-hybridized carbons (Fsp3) is 0.158. The predicted octanol–water partition coefficient (Wildman–Crippen LogP) is 4.00. The average Bonchev–Trinajstić information content (AvgIpc) is 3.45. The molecule has 3 aromatic heterocycles. The second kappa shape index (κ2) is 8.59. The molecule has 0 aliphatic carbocycles. The highest BCUT2D eigenvalue weighted by atomic mass is 32.1. The first kappa shape index (κ1) is 18.7. The Kier molecular flexibility index (Phi) is 5.75. The lowest BCUT2D eigenvalue weighted by Gasteiger charge is -2.04. The number of benzene rings is 1. The van der Waals surface area contributed by atoms with Gasteiger partial charge in [-0.1, -0.05) is 18.2 Å². The molecule has 0 atom stereocenters. The van der Waals surface area contributed by atoms with E-state index >= 15 is 0 Å². The zero-order valence-electron chi connectivity index (χ0n) is 14.6.